The molecule has 0 aromatic rings. The summed E-state index contributed by atoms with van der Waals surface area (Å²) >= 11 is 0. The Labute approximate surface area is 90.8 Å². The van der Waals surface area contributed by atoms with E-state index >= 15 is 0 Å². The van der Waals surface area contributed by atoms with Crippen molar-refractivity contribution in [3.63, 3.8) is 0 Å². The van der Waals surface area contributed by atoms with Crippen molar-refractivity contribution in [3.8, 4) is 0 Å². The van der Waals surface area contributed by atoms with Crippen LogP contribution in [0.2, 0.25) is 0 Å². The Kier molecular flexibility index (Phi) is 4.98. The van der Waals surface area contributed by atoms with Crippen LogP contribution in [0.4, 0.5) is 0 Å². The molecule has 0 aromatic heterocycles. The van der Waals surface area contributed by atoms with Gasteiger partial charge in [0.1, 0.15) is 5.60 Å². The van der Waals surface area contributed by atoms with Crippen LogP contribution in [-0.4, -0.2) is 17.4 Å². The van der Waals surface area contributed by atoms with Gasteiger partial charge in [0.2, 0.25) is 0 Å². The fraction of sp³-hybridized carbons (Fsp3) is 0.500. The molecule has 0 amide bonds. The standard InChI is InChI=1S/C12H18O3/c1-6-12(5,15-10(4)13)8-7-11(14)9(2)3/h6H,1-2,7-8H2,3-5H3/t12-/m0/s1. The first-order valence-electron chi connectivity index (χ1n) is 4.82. The second kappa shape index (κ2) is 5.49. The Balaban J connectivity index is 4.33. The van der Waals surface area contributed by atoms with Gasteiger partial charge in [-0.15, -0.1) is 0 Å². The van der Waals surface area contributed by atoms with E-state index in [0.29, 0.717) is 18.4 Å². The molecular formula is C12H18O3. The zero-order chi connectivity index (χ0) is 12.1. The van der Waals surface area contributed by atoms with E-state index in [1.165, 1.54) is 6.92 Å². The zero-order valence-corrected chi connectivity index (χ0v) is 9.63. The predicted molar refractivity (Wildman–Crippen MR) is 59.4 cm³/mol. The smallest absolute Gasteiger partial charge is 0.303 e. The Bertz CT molecular complexity index is 291. The lowest BCUT2D eigenvalue weighted by Crippen LogP contribution is -2.29. The van der Waals surface area contributed by atoms with Crippen LogP contribution in [0.15, 0.2) is 24.8 Å². The number of hydrogen-bond acceptors (Lipinski definition) is 3. The van der Waals surface area contributed by atoms with Crippen LogP contribution in [-0.2, 0) is 14.3 Å². The molecule has 0 radical (unpaired) electrons. The summed E-state index contributed by atoms with van der Waals surface area (Å²) in [6, 6.07) is 0. The molecule has 0 aromatic carbocycles. The molecular weight excluding hydrogens is 192 g/mol. The Morgan fingerprint density at radius 1 is 1.40 bits per heavy atom. The van der Waals surface area contributed by atoms with Gasteiger partial charge in [-0.25, -0.2) is 0 Å². The molecule has 84 valence electrons. The molecule has 0 aliphatic rings. The molecule has 3 heteroatoms. The van der Waals surface area contributed by atoms with Gasteiger partial charge in [0.25, 0.3) is 0 Å². The van der Waals surface area contributed by atoms with Crippen LogP contribution in [0.3, 0.4) is 0 Å². The van der Waals surface area contributed by atoms with Crippen molar-refractivity contribution in [2.24, 2.45) is 0 Å². The topological polar surface area (TPSA) is 43.4 Å². The minimum Gasteiger partial charge on any atom is -0.455 e. The number of rotatable bonds is 6. The lowest BCUT2D eigenvalue weighted by atomic mass is 9.97. The summed E-state index contributed by atoms with van der Waals surface area (Å²) in [5.74, 6) is -0.393. The molecule has 0 N–H and O–H groups in total. The highest BCUT2D eigenvalue weighted by Gasteiger charge is 2.24. The van der Waals surface area contributed by atoms with E-state index in [9.17, 15) is 9.59 Å². The maximum Gasteiger partial charge on any atom is 0.303 e. The summed E-state index contributed by atoms with van der Waals surface area (Å²) in [5.41, 5.74) is -0.249. The van der Waals surface area contributed by atoms with Crippen LogP contribution in [0.5, 0.6) is 0 Å². The number of Topliss-reactive ketones (excluding diaryl/α,β-unsaturated/α-hetero) is 1. The first kappa shape index (κ1) is 13.6. The van der Waals surface area contributed by atoms with Crippen LogP contribution < -0.4 is 0 Å². The summed E-state index contributed by atoms with van der Waals surface area (Å²) in [4.78, 5) is 22.1. The number of carbonyl (C=O) groups excluding carboxylic acids is 2. The third-order valence-corrected chi connectivity index (χ3v) is 2.13. The van der Waals surface area contributed by atoms with Crippen LogP contribution >= 0.6 is 0 Å². The largest absolute Gasteiger partial charge is 0.455 e. The number of ketones is 1. The van der Waals surface area contributed by atoms with Crippen LogP contribution in [0.1, 0.15) is 33.6 Å². The molecule has 15 heavy (non-hydrogen) atoms. The molecule has 0 rings (SSSR count). The molecule has 0 aliphatic carbocycles. The van der Waals surface area contributed by atoms with E-state index in [1.54, 1.807) is 19.9 Å². The number of hydrogen-bond donors (Lipinski definition) is 0. The molecule has 0 saturated heterocycles. The van der Waals surface area contributed by atoms with E-state index in [2.05, 4.69) is 13.2 Å². The second-order valence-electron chi connectivity index (χ2n) is 3.81. The highest BCUT2D eigenvalue weighted by Crippen LogP contribution is 2.20. The minimum absolute atomic E-state index is 0.0183. The minimum atomic E-state index is -0.767. The Hall–Kier alpha value is -1.38. The average Bonchev–Trinajstić information content (AvgIpc) is 2.13. The van der Waals surface area contributed by atoms with E-state index in [0.717, 1.165) is 0 Å². The molecule has 0 bridgehead atoms. The average molecular weight is 210 g/mol. The lowest BCUT2D eigenvalue weighted by molar-refractivity contribution is -0.152. The normalized spacial score (nSPS) is 13.8. The predicted octanol–water partition coefficient (Wildman–Crippen LogP) is 2.42. The van der Waals surface area contributed by atoms with Crippen molar-refractivity contribution in [1.82, 2.24) is 0 Å². The van der Waals surface area contributed by atoms with E-state index < -0.39 is 5.60 Å². The van der Waals surface area contributed by atoms with Gasteiger partial charge in [0.15, 0.2) is 5.78 Å². The summed E-state index contributed by atoms with van der Waals surface area (Å²) < 4.78 is 5.08. The van der Waals surface area contributed by atoms with Gasteiger partial charge in [-0.3, -0.25) is 9.59 Å². The Morgan fingerprint density at radius 2 is 1.93 bits per heavy atom. The second-order valence-corrected chi connectivity index (χ2v) is 3.81. The molecule has 0 heterocycles. The lowest BCUT2D eigenvalue weighted by Gasteiger charge is -2.25. The first-order chi connectivity index (χ1) is 6.80. The van der Waals surface area contributed by atoms with Crippen molar-refractivity contribution >= 4 is 11.8 Å². The number of carbonyl (C=O) groups is 2. The highest BCUT2D eigenvalue weighted by molar-refractivity contribution is 5.94. The van der Waals surface area contributed by atoms with Gasteiger partial charge in [0, 0.05) is 13.3 Å². The third kappa shape index (κ3) is 5.15. The number of ether oxygens (including phenoxy) is 1. The molecule has 0 aliphatic heterocycles. The number of esters is 1. The van der Waals surface area contributed by atoms with Crippen molar-refractivity contribution in [1.29, 1.82) is 0 Å². The summed E-state index contributed by atoms with van der Waals surface area (Å²) in [5, 5.41) is 0. The van der Waals surface area contributed by atoms with Gasteiger partial charge in [-0.2, -0.15) is 0 Å². The highest BCUT2D eigenvalue weighted by atomic mass is 16.6. The van der Waals surface area contributed by atoms with Gasteiger partial charge >= 0.3 is 5.97 Å². The molecule has 0 saturated carbocycles. The summed E-state index contributed by atoms with van der Waals surface area (Å²) in [6.07, 6.45) is 2.28. The summed E-state index contributed by atoms with van der Waals surface area (Å²) in [7, 11) is 0. The SMILES string of the molecule is C=C[C@@](C)(CCC(=O)C(=C)C)OC(C)=O. The maximum absolute atomic E-state index is 11.3. The summed E-state index contributed by atoms with van der Waals surface area (Å²) in [6.45, 7) is 11.9. The molecule has 0 fully saturated rings. The van der Waals surface area contributed by atoms with Crippen LogP contribution in [0.25, 0.3) is 0 Å². The van der Waals surface area contributed by atoms with Crippen molar-refractivity contribution in [2.75, 3.05) is 0 Å². The molecule has 3 nitrogen and oxygen atoms in total. The van der Waals surface area contributed by atoms with Crippen LogP contribution in [0, 0.1) is 0 Å². The number of allylic oxidation sites excluding steroid dienone is 1. The monoisotopic (exact) mass is 210 g/mol. The zero-order valence-electron chi connectivity index (χ0n) is 9.63. The van der Waals surface area contributed by atoms with E-state index in [-0.39, 0.29) is 11.8 Å². The third-order valence-electron chi connectivity index (χ3n) is 2.13. The van der Waals surface area contributed by atoms with E-state index in [1.807, 2.05) is 0 Å². The van der Waals surface area contributed by atoms with Gasteiger partial charge in [0.05, 0.1) is 0 Å². The van der Waals surface area contributed by atoms with Crippen molar-refractivity contribution < 1.29 is 14.3 Å². The molecule has 1 atom stereocenters. The van der Waals surface area contributed by atoms with Gasteiger partial charge in [-0.05, 0) is 31.9 Å². The Morgan fingerprint density at radius 3 is 2.27 bits per heavy atom. The first-order valence-corrected chi connectivity index (χ1v) is 4.82. The molecule has 0 spiro atoms. The van der Waals surface area contributed by atoms with Crippen molar-refractivity contribution in [2.45, 2.75) is 39.2 Å². The van der Waals surface area contributed by atoms with E-state index in [4.69, 9.17) is 4.74 Å². The maximum atomic E-state index is 11.3. The van der Waals surface area contributed by atoms with Gasteiger partial charge < -0.3 is 4.74 Å². The fourth-order valence-corrected chi connectivity index (χ4v) is 1.10. The molecule has 0 unspecified atom stereocenters. The quantitative estimate of drug-likeness (QED) is 0.384. The van der Waals surface area contributed by atoms with Crippen molar-refractivity contribution in [3.05, 3.63) is 24.8 Å². The van der Waals surface area contributed by atoms with Gasteiger partial charge in [-0.1, -0.05) is 13.2 Å². The fourth-order valence-electron chi connectivity index (χ4n) is 1.10.